The molecule has 0 spiro atoms. The van der Waals surface area contributed by atoms with Gasteiger partial charge in [0, 0.05) is 6.54 Å². The number of amides is 3. The minimum atomic E-state index is -0.707. The van der Waals surface area contributed by atoms with Gasteiger partial charge >= 0.3 is 6.03 Å². The van der Waals surface area contributed by atoms with Gasteiger partial charge in [-0.05, 0) is 39.9 Å². The minimum Gasteiger partial charge on any atom is -0.352 e. The van der Waals surface area contributed by atoms with Crippen LogP contribution in [0.4, 0.5) is 4.79 Å². The first-order valence-electron chi connectivity index (χ1n) is 4.55. The summed E-state index contributed by atoms with van der Waals surface area (Å²) in [5.41, 5.74) is 5.92. The summed E-state index contributed by atoms with van der Waals surface area (Å²) in [6, 6.07) is 0.595. The Morgan fingerprint density at radius 3 is 2.81 bits per heavy atom. The average Bonchev–Trinajstić information content (AvgIpc) is 2.59. The quantitative estimate of drug-likeness (QED) is 0.780. The van der Waals surface area contributed by atoms with E-state index in [-0.39, 0.29) is 5.91 Å². The van der Waals surface area contributed by atoms with Gasteiger partial charge in [0.15, 0.2) is 0 Å². The van der Waals surface area contributed by atoms with Gasteiger partial charge in [-0.2, -0.15) is 0 Å². The molecule has 0 aromatic carbocycles. The van der Waals surface area contributed by atoms with Gasteiger partial charge in [-0.1, -0.05) is 0 Å². The lowest BCUT2D eigenvalue weighted by molar-refractivity contribution is -0.122. The molecule has 0 bridgehead atoms. The van der Waals surface area contributed by atoms with Gasteiger partial charge < -0.3 is 16.4 Å². The summed E-state index contributed by atoms with van der Waals surface area (Å²) >= 11 is 4.88. The summed E-state index contributed by atoms with van der Waals surface area (Å²) in [5.74, 6) is -0.263. The third kappa shape index (κ3) is 4.19. The van der Waals surface area contributed by atoms with Gasteiger partial charge in [-0.25, -0.2) is 4.79 Å². The fourth-order valence-corrected chi connectivity index (χ4v) is 2.27. The van der Waals surface area contributed by atoms with E-state index in [1.165, 1.54) is 0 Å². The van der Waals surface area contributed by atoms with Crippen LogP contribution in [0.25, 0.3) is 0 Å². The SMILES string of the molecule is C[C@@H](NC(N)=O)C(=O)NCc1csc(Br)c1. The van der Waals surface area contributed by atoms with Crippen LogP contribution in [0.3, 0.4) is 0 Å². The molecule has 0 unspecified atom stereocenters. The third-order valence-electron chi connectivity index (χ3n) is 1.84. The number of halogens is 1. The van der Waals surface area contributed by atoms with E-state index in [2.05, 4.69) is 26.6 Å². The first-order chi connectivity index (χ1) is 7.49. The molecular formula is C9H12BrN3O2S. The number of hydrogen-bond donors (Lipinski definition) is 3. The lowest BCUT2D eigenvalue weighted by atomic mass is 10.3. The molecule has 0 saturated heterocycles. The van der Waals surface area contributed by atoms with Crippen molar-refractivity contribution in [1.29, 1.82) is 0 Å². The molecule has 5 nitrogen and oxygen atoms in total. The highest BCUT2D eigenvalue weighted by Crippen LogP contribution is 2.20. The zero-order valence-corrected chi connectivity index (χ0v) is 11.0. The Morgan fingerprint density at radius 2 is 2.31 bits per heavy atom. The molecule has 1 atom stereocenters. The van der Waals surface area contributed by atoms with Crippen molar-refractivity contribution in [3.8, 4) is 0 Å². The second kappa shape index (κ2) is 5.86. The normalized spacial score (nSPS) is 11.9. The van der Waals surface area contributed by atoms with Crippen molar-refractivity contribution in [1.82, 2.24) is 10.6 Å². The molecule has 0 aliphatic heterocycles. The van der Waals surface area contributed by atoms with Crippen molar-refractivity contribution in [2.24, 2.45) is 5.73 Å². The van der Waals surface area contributed by atoms with Crippen molar-refractivity contribution in [3.05, 3.63) is 20.8 Å². The highest BCUT2D eigenvalue weighted by atomic mass is 79.9. The van der Waals surface area contributed by atoms with Crippen LogP contribution in [0.2, 0.25) is 0 Å². The molecule has 16 heavy (non-hydrogen) atoms. The van der Waals surface area contributed by atoms with Crippen LogP contribution < -0.4 is 16.4 Å². The van der Waals surface area contributed by atoms with Gasteiger partial charge in [-0.3, -0.25) is 4.79 Å². The summed E-state index contributed by atoms with van der Waals surface area (Å²) in [7, 11) is 0. The minimum absolute atomic E-state index is 0.263. The highest BCUT2D eigenvalue weighted by Gasteiger charge is 2.13. The molecule has 1 rings (SSSR count). The Labute approximate surface area is 106 Å². The molecule has 1 aromatic rings. The Morgan fingerprint density at radius 1 is 1.62 bits per heavy atom. The van der Waals surface area contributed by atoms with E-state index in [0.29, 0.717) is 6.54 Å². The van der Waals surface area contributed by atoms with Crippen LogP contribution in [-0.2, 0) is 11.3 Å². The van der Waals surface area contributed by atoms with E-state index >= 15 is 0 Å². The monoisotopic (exact) mass is 305 g/mol. The number of hydrogen-bond acceptors (Lipinski definition) is 3. The zero-order valence-electron chi connectivity index (χ0n) is 8.62. The van der Waals surface area contributed by atoms with Crippen LogP contribution in [0.5, 0.6) is 0 Å². The van der Waals surface area contributed by atoms with Crippen LogP contribution in [0.1, 0.15) is 12.5 Å². The number of carbonyl (C=O) groups excluding carboxylic acids is 2. The molecule has 0 saturated carbocycles. The maximum Gasteiger partial charge on any atom is 0.312 e. The highest BCUT2D eigenvalue weighted by molar-refractivity contribution is 9.11. The third-order valence-corrected chi connectivity index (χ3v) is 3.39. The van der Waals surface area contributed by atoms with Gasteiger partial charge in [0.25, 0.3) is 0 Å². The van der Waals surface area contributed by atoms with Crippen LogP contribution in [0, 0.1) is 0 Å². The summed E-state index contributed by atoms with van der Waals surface area (Å²) in [4.78, 5) is 22.0. The Balaban J connectivity index is 2.37. The average molecular weight is 306 g/mol. The number of urea groups is 1. The number of thiophene rings is 1. The molecule has 0 aliphatic carbocycles. The Bertz CT molecular complexity index is 394. The molecule has 1 aromatic heterocycles. The number of nitrogens with one attached hydrogen (secondary N) is 2. The number of nitrogens with two attached hydrogens (primary N) is 1. The number of carbonyl (C=O) groups is 2. The molecule has 88 valence electrons. The van der Waals surface area contributed by atoms with E-state index in [1.54, 1.807) is 18.3 Å². The largest absolute Gasteiger partial charge is 0.352 e. The van der Waals surface area contributed by atoms with Crippen molar-refractivity contribution < 1.29 is 9.59 Å². The molecule has 4 N–H and O–H groups in total. The molecular weight excluding hydrogens is 294 g/mol. The fourth-order valence-electron chi connectivity index (χ4n) is 1.06. The van der Waals surface area contributed by atoms with Crippen LogP contribution in [-0.4, -0.2) is 18.0 Å². The summed E-state index contributed by atoms with van der Waals surface area (Å²) in [6.07, 6.45) is 0. The van der Waals surface area contributed by atoms with E-state index in [9.17, 15) is 9.59 Å². The van der Waals surface area contributed by atoms with Crippen molar-refractivity contribution in [2.75, 3.05) is 0 Å². The summed E-state index contributed by atoms with van der Waals surface area (Å²) in [5, 5.41) is 6.94. The zero-order chi connectivity index (χ0) is 12.1. The number of primary amides is 1. The fraction of sp³-hybridized carbons (Fsp3) is 0.333. The van der Waals surface area contributed by atoms with E-state index in [0.717, 1.165) is 9.35 Å². The predicted molar refractivity (Wildman–Crippen MR) is 66.0 cm³/mol. The van der Waals surface area contributed by atoms with Gasteiger partial charge in [-0.15, -0.1) is 11.3 Å². The van der Waals surface area contributed by atoms with E-state index in [4.69, 9.17) is 5.73 Å². The second-order valence-corrected chi connectivity index (χ2v) is 5.50. The Hall–Kier alpha value is -1.08. The van der Waals surface area contributed by atoms with Gasteiger partial charge in [0.05, 0.1) is 3.79 Å². The molecule has 3 amide bonds. The van der Waals surface area contributed by atoms with Gasteiger partial charge in [0.2, 0.25) is 5.91 Å². The smallest absolute Gasteiger partial charge is 0.312 e. The van der Waals surface area contributed by atoms with Crippen LogP contribution >= 0.6 is 27.3 Å². The van der Waals surface area contributed by atoms with E-state index in [1.807, 2.05) is 11.4 Å². The number of rotatable bonds is 4. The molecule has 7 heteroatoms. The lowest BCUT2D eigenvalue weighted by Gasteiger charge is -2.11. The predicted octanol–water partition coefficient (Wildman–Crippen LogP) is 1.18. The maximum atomic E-state index is 11.5. The van der Waals surface area contributed by atoms with Crippen molar-refractivity contribution in [2.45, 2.75) is 19.5 Å². The van der Waals surface area contributed by atoms with Gasteiger partial charge in [0.1, 0.15) is 6.04 Å². The molecule has 0 radical (unpaired) electrons. The van der Waals surface area contributed by atoms with Crippen molar-refractivity contribution in [3.63, 3.8) is 0 Å². The topological polar surface area (TPSA) is 84.2 Å². The lowest BCUT2D eigenvalue weighted by Crippen LogP contribution is -2.46. The standard InChI is InChI=1S/C9H12BrN3O2S/c1-5(13-9(11)15)8(14)12-3-6-2-7(10)16-4-6/h2,4-5H,3H2,1H3,(H,12,14)(H3,11,13,15)/t5-/m1/s1. The molecule has 1 heterocycles. The van der Waals surface area contributed by atoms with Crippen LogP contribution in [0.15, 0.2) is 15.2 Å². The summed E-state index contributed by atoms with van der Waals surface area (Å²) < 4.78 is 1.01. The van der Waals surface area contributed by atoms with E-state index < -0.39 is 12.1 Å². The Kier molecular flexibility index (Phi) is 4.75. The maximum absolute atomic E-state index is 11.5. The second-order valence-electron chi connectivity index (χ2n) is 3.21. The first-order valence-corrected chi connectivity index (χ1v) is 6.23. The summed E-state index contributed by atoms with van der Waals surface area (Å²) in [6.45, 7) is 2.01. The molecule has 0 aliphatic rings. The molecule has 0 fully saturated rings. The first kappa shape index (κ1) is 13.0. The van der Waals surface area contributed by atoms with Crippen molar-refractivity contribution >= 4 is 39.2 Å².